The molecule has 0 radical (unpaired) electrons. The standard InChI is InChI=1S/C17H22N4O3/c1-21-11-13(10-19-21)5-6-16(22)20-14-12-23-9-7-15(14)24-17-4-2-3-8-18-17/h2-4,8,10-11,14-15H,5-7,9,12H2,1H3,(H,20,22)/t14-,15-/m1/s1. The third-order valence-electron chi connectivity index (χ3n) is 3.95. The second-order valence-corrected chi connectivity index (χ2v) is 5.88. The van der Waals surface area contributed by atoms with Crippen LogP contribution in [0.1, 0.15) is 18.4 Å². The molecular formula is C17H22N4O3. The highest BCUT2D eigenvalue weighted by molar-refractivity contribution is 5.76. The molecule has 24 heavy (non-hydrogen) atoms. The van der Waals surface area contributed by atoms with Crippen LogP contribution in [0.25, 0.3) is 0 Å². The van der Waals surface area contributed by atoms with Crippen LogP contribution in [-0.2, 0) is 23.0 Å². The molecule has 1 saturated heterocycles. The van der Waals surface area contributed by atoms with Gasteiger partial charge in [0.05, 0.1) is 25.5 Å². The summed E-state index contributed by atoms with van der Waals surface area (Å²) in [5.41, 5.74) is 1.05. The van der Waals surface area contributed by atoms with Crippen LogP contribution in [0.4, 0.5) is 0 Å². The maximum atomic E-state index is 12.2. The second kappa shape index (κ2) is 7.92. The molecule has 1 N–H and O–H groups in total. The van der Waals surface area contributed by atoms with Crippen molar-refractivity contribution in [2.24, 2.45) is 7.05 Å². The zero-order chi connectivity index (χ0) is 16.8. The molecule has 0 bridgehead atoms. The lowest BCUT2D eigenvalue weighted by molar-refractivity contribution is -0.124. The molecule has 0 spiro atoms. The van der Waals surface area contributed by atoms with Gasteiger partial charge in [0.15, 0.2) is 0 Å². The molecule has 0 unspecified atom stereocenters. The van der Waals surface area contributed by atoms with E-state index in [1.54, 1.807) is 17.1 Å². The summed E-state index contributed by atoms with van der Waals surface area (Å²) in [6.07, 6.45) is 7.07. The smallest absolute Gasteiger partial charge is 0.220 e. The molecule has 1 fully saturated rings. The van der Waals surface area contributed by atoms with Crippen molar-refractivity contribution in [3.05, 3.63) is 42.4 Å². The van der Waals surface area contributed by atoms with E-state index < -0.39 is 0 Å². The van der Waals surface area contributed by atoms with Crippen LogP contribution in [0.2, 0.25) is 0 Å². The number of pyridine rings is 1. The van der Waals surface area contributed by atoms with Crippen molar-refractivity contribution in [3.63, 3.8) is 0 Å². The van der Waals surface area contributed by atoms with Gasteiger partial charge in [0, 0.05) is 38.3 Å². The van der Waals surface area contributed by atoms with Crippen LogP contribution >= 0.6 is 0 Å². The number of nitrogens with one attached hydrogen (secondary N) is 1. The van der Waals surface area contributed by atoms with Crippen molar-refractivity contribution < 1.29 is 14.3 Å². The van der Waals surface area contributed by atoms with Gasteiger partial charge in [0.1, 0.15) is 6.10 Å². The first-order valence-corrected chi connectivity index (χ1v) is 8.13. The molecule has 3 heterocycles. The number of aryl methyl sites for hydroxylation is 2. The zero-order valence-corrected chi connectivity index (χ0v) is 13.7. The Balaban J connectivity index is 1.52. The summed E-state index contributed by atoms with van der Waals surface area (Å²) in [5, 5.41) is 7.13. The van der Waals surface area contributed by atoms with Crippen molar-refractivity contribution >= 4 is 5.91 Å². The molecule has 1 aliphatic rings. The fraction of sp³-hybridized carbons (Fsp3) is 0.471. The fourth-order valence-electron chi connectivity index (χ4n) is 2.70. The molecule has 7 nitrogen and oxygen atoms in total. The van der Waals surface area contributed by atoms with Gasteiger partial charge in [-0.15, -0.1) is 0 Å². The third-order valence-corrected chi connectivity index (χ3v) is 3.95. The molecule has 2 aromatic heterocycles. The van der Waals surface area contributed by atoms with Crippen molar-refractivity contribution in [1.29, 1.82) is 0 Å². The van der Waals surface area contributed by atoms with Gasteiger partial charge in [-0.1, -0.05) is 6.07 Å². The first-order valence-electron chi connectivity index (χ1n) is 8.13. The molecule has 0 aliphatic carbocycles. The van der Waals surface area contributed by atoms with Crippen LogP contribution in [0.3, 0.4) is 0 Å². The van der Waals surface area contributed by atoms with Gasteiger partial charge in [-0.05, 0) is 18.1 Å². The maximum absolute atomic E-state index is 12.2. The van der Waals surface area contributed by atoms with Gasteiger partial charge in [0.2, 0.25) is 11.8 Å². The zero-order valence-electron chi connectivity index (χ0n) is 13.7. The second-order valence-electron chi connectivity index (χ2n) is 5.88. The largest absolute Gasteiger partial charge is 0.472 e. The normalized spacial score (nSPS) is 20.5. The molecule has 0 saturated carbocycles. The van der Waals surface area contributed by atoms with E-state index in [9.17, 15) is 4.79 Å². The van der Waals surface area contributed by atoms with E-state index in [-0.39, 0.29) is 18.1 Å². The van der Waals surface area contributed by atoms with Crippen LogP contribution < -0.4 is 10.1 Å². The summed E-state index contributed by atoms with van der Waals surface area (Å²) in [6, 6.07) is 5.37. The van der Waals surface area contributed by atoms with E-state index in [4.69, 9.17) is 9.47 Å². The van der Waals surface area contributed by atoms with E-state index in [1.807, 2.05) is 31.4 Å². The van der Waals surface area contributed by atoms with E-state index in [1.165, 1.54) is 0 Å². The van der Waals surface area contributed by atoms with E-state index >= 15 is 0 Å². The summed E-state index contributed by atoms with van der Waals surface area (Å²) < 4.78 is 13.1. The lowest BCUT2D eigenvalue weighted by Gasteiger charge is -2.32. The minimum absolute atomic E-state index is 0.0102. The monoisotopic (exact) mass is 330 g/mol. The highest BCUT2D eigenvalue weighted by Crippen LogP contribution is 2.16. The minimum Gasteiger partial charge on any atom is -0.472 e. The minimum atomic E-state index is -0.165. The van der Waals surface area contributed by atoms with Crippen LogP contribution in [-0.4, -0.2) is 46.0 Å². The van der Waals surface area contributed by atoms with Gasteiger partial charge in [0.25, 0.3) is 0 Å². The van der Waals surface area contributed by atoms with Crippen molar-refractivity contribution in [3.8, 4) is 5.88 Å². The molecule has 2 atom stereocenters. The Labute approximate surface area is 141 Å². The van der Waals surface area contributed by atoms with Gasteiger partial charge < -0.3 is 14.8 Å². The number of rotatable bonds is 6. The average molecular weight is 330 g/mol. The predicted octanol–water partition coefficient (Wildman–Crippen LogP) is 1.10. The molecule has 2 aromatic rings. The summed E-state index contributed by atoms with van der Waals surface area (Å²) >= 11 is 0. The Morgan fingerprint density at radius 3 is 3.17 bits per heavy atom. The Bertz CT molecular complexity index is 659. The molecular weight excluding hydrogens is 308 g/mol. The quantitative estimate of drug-likeness (QED) is 0.858. The molecule has 7 heteroatoms. The van der Waals surface area contributed by atoms with Gasteiger partial charge in [-0.2, -0.15) is 5.10 Å². The topological polar surface area (TPSA) is 78.3 Å². The molecule has 3 rings (SSSR count). The first kappa shape index (κ1) is 16.4. The SMILES string of the molecule is Cn1cc(CCC(=O)N[C@@H]2COCC[C@H]2Oc2ccccn2)cn1. The van der Waals surface area contributed by atoms with E-state index in [0.29, 0.717) is 31.9 Å². The summed E-state index contributed by atoms with van der Waals surface area (Å²) in [6.45, 7) is 1.08. The number of nitrogens with zero attached hydrogens (tertiary/aromatic N) is 3. The number of carbonyl (C=O) groups is 1. The van der Waals surface area contributed by atoms with Crippen LogP contribution in [0.15, 0.2) is 36.8 Å². The Morgan fingerprint density at radius 1 is 1.50 bits per heavy atom. The molecule has 1 amide bonds. The van der Waals surface area contributed by atoms with Crippen molar-refractivity contribution in [2.45, 2.75) is 31.4 Å². The molecule has 128 valence electrons. The van der Waals surface area contributed by atoms with Gasteiger partial charge in [-0.3, -0.25) is 9.48 Å². The number of ether oxygens (including phenoxy) is 2. The third kappa shape index (κ3) is 4.55. The maximum Gasteiger partial charge on any atom is 0.220 e. The highest BCUT2D eigenvalue weighted by atomic mass is 16.5. The average Bonchev–Trinajstić information content (AvgIpc) is 3.01. The van der Waals surface area contributed by atoms with Crippen molar-refractivity contribution in [1.82, 2.24) is 20.1 Å². The molecule has 1 aliphatic heterocycles. The number of hydrogen-bond donors (Lipinski definition) is 1. The summed E-state index contributed by atoms with van der Waals surface area (Å²) in [4.78, 5) is 16.4. The number of aromatic nitrogens is 3. The Kier molecular flexibility index (Phi) is 5.43. The fourth-order valence-corrected chi connectivity index (χ4v) is 2.70. The number of carbonyl (C=O) groups excluding carboxylic acids is 1. The molecule has 0 aromatic carbocycles. The number of amides is 1. The Hall–Kier alpha value is -2.41. The van der Waals surface area contributed by atoms with Gasteiger partial charge >= 0.3 is 0 Å². The van der Waals surface area contributed by atoms with E-state index in [0.717, 1.165) is 12.0 Å². The first-order chi connectivity index (χ1) is 11.7. The van der Waals surface area contributed by atoms with Gasteiger partial charge in [-0.25, -0.2) is 4.98 Å². The lowest BCUT2D eigenvalue weighted by atomic mass is 10.1. The summed E-state index contributed by atoms with van der Waals surface area (Å²) in [5.74, 6) is 0.558. The lowest BCUT2D eigenvalue weighted by Crippen LogP contribution is -2.51. The Morgan fingerprint density at radius 2 is 2.42 bits per heavy atom. The van der Waals surface area contributed by atoms with Crippen LogP contribution in [0.5, 0.6) is 5.88 Å². The van der Waals surface area contributed by atoms with Crippen molar-refractivity contribution in [2.75, 3.05) is 13.2 Å². The summed E-state index contributed by atoms with van der Waals surface area (Å²) in [7, 11) is 1.86. The predicted molar refractivity (Wildman–Crippen MR) is 87.5 cm³/mol. The van der Waals surface area contributed by atoms with Crippen LogP contribution in [0, 0.1) is 0 Å². The highest BCUT2D eigenvalue weighted by Gasteiger charge is 2.29. The van der Waals surface area contributed by atoms with E-state index in [2.05, 4.69) is 15.4 Å². The number of hydrogen-bond acceptors (Lipinski definition) is 5.